The standard InChI is InChI=1S/C18H27FN2O/c1-14(2)9-11-21-17(6-7-18(21)22)8-10-20-13-15-4-3-5-16(19)12-15/h3-5,12,14,17,20H,6-11,13H2,1-2H3/t17-/m0/s1. The molecule has 4 heteroatoms. The summed E-state index contributed by atoms with van der Waals surface area (Å²) in [6.45, 7) is 6.79. The number of nitrogens with one attached hydrogen (secondary N) is 1. The van der Waals surface area contributed by atoms with Gasteiger partial charge in [-0.25, -0.2) is 4.39 Å². The lowest BCUT2D eigenvalue weighted by molar-refractivity contribution is -0.129. The first-order chi connectivity index (χ1) is 10.6. The molecule has 0 radical (unpaired) electrons. The molecule has 1 N–H and O–H groups in total. The van der Waals surface area contributed by atoms with E-state index < -0.39 is 0 Å². The van der Waals surface area contributed by atoms with Gasteiger partial charge < -0.3 is 10.2 Å². The SMILES string of the molecule is CC(C)CCN1C(=O)CC[C@H]1CCNCc1cccc(F)c1. The van der Waals surface area contributed by atoms with E-state index in [0.29, 0.717) is 30.8 Å². The predicted octanol–water partition coefficient (Wildman–Crippen LogP) is 3.34. The van der Waals surface area contributed by atoms with Crippen LogP contribution >= 0.6 is 0 Å². The van der Waals surface area contributed by atoms with Gasteiger partial charge in [0.05, 0.1) is 0 Å². The summed E-state index contributed by atoms with van der Waals surface area (Å²) in [6.07, 6.45) is 3.70. The summed E-state index contributed by atoms with van der Waals surface area (Å²) in [5, 5.41) is 3.35. The zero-order chi connectivity index (χ0) is 15.9. The molecule has 22 heavy (non-hydrogen) atoms. The van der Waals surface area contributed by atoms with Crippen molar-refractivity contribution in [2.24, 2.45) is 5.92 Å². The summed E-state index contributed by atoms with van der Waals surface area (Å²) in [5.41, 5.74) is 0.958. The van der Waals surface area contributed by atoms with Crippen LogP contribution in [0, 0.1) is 11.7 Å². The van der Waals surface area contributed by atoms with Crippen LogP contribution in [-0.4, -0.2) is 29.9 Å². The van der Waals surface area contributed by atoms with Crippen molar-refractivity contribution in [1.29, 1.82) is 0 Å². The molecule has 1 saturated heterocycles. The average molecular weight is 306 g/mol. The highest BCUT2D eigenvalue weighted by molar-refractivity contribution is 5.78. The fourth-order valence-corrected chi connectivity index (χ4v) is 2.95. The third kappa shape index (κ3) is 5.09. The molecular formula is C18H27FN2O. The van der Waals surface area contributed by atoms with Gasteiger partial charge in [0, 0.05) is 25.6 Å². The molecule has 1 aromatic carbocycles. The Morgan fingerprint density at radius 1 is 1.41 bits per heavy atom. The number of hydrogen-bond donors (Lipinski definition) is 1. The second-order valence-corrected chi connectivity index (χ2v) is 6.56. The predicted molar refractivity (Wildman–Crippen MR) is 86.9 cm³/mol. The van der Waals surface area contributed by atoms with Gasteiger partial charge in [0.15, 0.2) is 0 Å². The molecule has 2 rings (SSSR count). The summed E-state index contributed by atoms with van der Waals surface area (Å²) in [5.74, 6) is 0.733. The number of amides is 1. The highest BCUT2D eigenvalue weighted by atomic mass is 19.1. The summed E-state index contributed by atoms with van der Waals surface area (Å²) in [6, 6.07) is 7.03. The van der Waals surface area contributed by atoms with Gasteiger partial charge in [-0.15, -0.1) is 0 Å². The number of carbonyl (C=O) groups is 1. The van der Waals surface area contributed by atoms with E-state index in [1.807, 2.05) is 6.07 Å². The molecule has 1 aromatic rings. The second kappa shape index (κ2) is 8.28. The van der Waals surface area contributed by atoms with Crippen LogP contribution in [0.4, 0.5) is 4.39 Å². The maximum absolute atomic E-state index is 13.1. The minimum atomic E-state index is -0.194. The van der Waals surface area contributed by atoms with Crippen molar-refractivity contribution in [3.8, 4) is 0 Å². The Hall–Kier alpha value is -1.42. The number of benzene rings is 1. The molecule has 0 aliphatic carbocycles. The fourth-order valence-electron chi connectivity index (χ4n) is 2.95. The van der Waals surface area contributed by atoms with Crippen molar-refractivity contribution in [3.63, 3.8) is 0 Å². The summed E-state index contributed by atoms with van der Waals surface area (Å²) in [7, 11) is 0. The monoisotopic (exact) mass is 306 g/mol. The molecule has 0 unspecified atom stereocenters. The topological polar surface area (TPSA) is 32.3 Å². The quantitative estimate of drug-likeness (QED) is 0.747. The fraction of sp³-hybridized carbons (Fsp3) is 0.611. The van der Waals surface area contributed by atoms with Crippen LogP contribution in [0.3, 0.4) is 0 Å². The maximum atomic E-state index is 13.1. The van der Waals surface area contributed by atoms with Gasteiger partial charge >= 0.3 is 0 Å². The molecule has 122 valence electrons. The second-order valence-electron chi connectivity index (χ2n) is 6.56. The van der Waals surface area contributed by atoms with E-state index in [4.69, 9.17) is 0 Å². The molecule has 0 spiro atoms. The lowest BCUT2D eigenvalue weighted by Gasteiger charge is -2.25. The first-order valence-electron chi connectivity index (χ1n) is 8.31. The van der Waals surface area contributed by atoms with E-state index in [1.165, 1.54) is 6.07 Å². The van der Waals surface area contributed by atoms with Gasteiger partial charge in [-0.3, -0.25) is 4.79 Å². The molecule has 1 amide bonds. The van der Waals surface area contributed by atoms with Gasteiger partial charge in [0.25, 0.3) is 0 Å². The molecule has 3 nitrogen and oxygen atoms in total. The molecule has 1 heterocycles. The van der Waals surface area contributed by atoms with Gasteiger partial charge in [-0.1, -0.05) is 26.0 Å². The summed E-state index contributed by atoms with van der Waals surface area (Å²) < 4.78 is 13.1. The molecule has 1 aliphatic rings. The van der Waals surface area contributed by atoms with Crippen LogP contribution in [0.2, 0.25) is 0 Å². The van der Waals surface area contributed by atoms with Gasteiger partial charge in [-0.05, 0) is 49.4 Å². The Morgan fingerprint density at radius 3 is 2.95 bits per heavy atom. The Kier molecular flexibility index (Phi) is 6.37. The zero-order valence-electron chi connectivity index (χ0n) is 13.6. The van der Waals surface area contributed by atoms with Crippen molar-refractivity contribution in [3.05, 3.63) is 35.6 Å². The number of hydrogen-bond acceptors (Lipinski definition) is 2. The van der Waals surface area contributed by atoms with Crippen LogP contribution in [0.5, 0.6) is 0 Å². The Bertz CT molecular complexity index is 490. The minimum absolute atomic E-state index is 0.194. The van der Waals surface area contributed by atoms with E-state index in [9.17, 15) is 9.18 Å². The molecule has 1 aliphatic heterocycles. The maximum Gasteiger partial charge on any atom is 0.222 e. The number of likely N-dealkylation sites (tertiary alicyclic amines) is 1. The number of carbonyl (C=O) groups excluding carboxylic acids is 1. The van der Waals surface area contributed by atoms with Crippen molar-refractivity contribution >= 4 is 5.91 Å². The Balaban J connectivity index is 1.72. The summed E-state index contributed by atoms with van der Waals surface area (Å²) in [4.78, 5) is 14.0. The smallest absolute Gasteiger partial charge is 0.222 e. The third-order valence-corrected chi connectivity index (χ3v) is 4.27. The molecule has 1 fully saturated rings. The van der Waals surface area contributed by atoms with Gasteiger partial charge in [0.2, 0.25) is 5.91 Å². The molecular weight excluding hydrogens is 279 g/mol. The van der Waals surface area contributed by atoms with Gasteiger partial charge in [-0.2, -0.15) is 0 Å². The number of nitrogens with zero attached hydrogens (tertiary/aromatic N) is 1. The largest absolute Gasteiger partial charge is 0.340 e. The van der Waals surface area contributed by atoms with Crippen molar-refractivity contribution < 1.29 is 9.18 Å². The highest BCUT2D eigenvalue weighted by Gasteiger charge is 2.29. The lowest BCUT2D eigenvalue weighted by atomic mass is 10.1. The molecule has 0 saturated carbocycles. The first-order valence-corrected chi connectivity index (χ1v) is 8.31. The Labute approximate surface area is 132 Å². The van der Waals surface area contributed by atoms with Crippen molar-refractivity contribution in [2.75, 3.05) is 13.1 Å². The van der Waals surface area contributed by atoms with Gasteiger partial charge in [0.1, 0.15) is 5.82 Å². The van der Waals surface area contributed by atoms with Crippen LogP contribution < -0.4 is 5.32 Å². The number of halogens is 1. The normalized spacial score (nSPS) is 18.5. The average Bonchev–Trinajstić information content (AvgIpc) is 2.82. The minimum Gasteiger partial charge on any atom is -0.340 e. The van der Waals surface area contributed by atoms with E-state index in [1.54, 1.807) is 12.1 Å². The molecule has 0 aromatic heterocycles. The van der Waals surface area contributed by atoms with Crippen LogP contribution in [0.25, 0.3) is 0 Å². The number of rotatable bonds is 8. The van der Waals surface area contributed by atoms with E-state index in [-0.39, 0.29) is 5.82 Å². The van der Waals surface area contributed by atoms with E-state index in [2.05, 4.69) is 24.1 Å². The van der Waals surface area contributed by atoms with Crippen molar-refractivity contribution in [1.82, 2.24) is 10.2 Å². The first kappa shape index (κ1) is 16.9. The van der Waals surface area contributed by atoms with Crippen molar-refractivity contribution in [2.45, 2.75) is 52.1 Å². The van der Waals surface area contributed by atoms with E-state index >= 15 is 0 Å². The van der Waals surface area contributed by atoms with Crippen LogP contribution in [0.15, 0.2) is 24.3 Å². The zero-order valence-corrected chi connectivity index (χ0v) is 13.6. The molecule has 0 bridgehead atoms. The lowest BCUT2D eigenvalue weighted by Crippen LogP contribution is -2.36. The van der Waals surface area contributed by atoms with E-state index in [0.717, 1.165) is 37.9 Å². The highest BCUT2D eigenvalue weighted by Crippen LogP contribution is 2.22. The van der Waals surface area contributed by atoms with Crippen LogP contribution in [0.1, 0.15) is 45.1 Å². The Morgan fingerprint density at radius 2 is 2.23 bits per heavy atom. The third-order valence-electron chi connectivity index (χ3n) is 4.27. The molecule has 1 atom stereocenters. The van der Waals surface area contributed by atoms with Crippen LogP contribution in [-0.2, 0) is 11.3 Å². The summed E-state index contributed by atoms with van der Waals surface area (Å²) >= 11 is 0.